The Kier molecular flexibility index (Phi) is 5.33. The van der Waals surface area contributed by atoms with Crippen LogP contribution in [0.3, 0.4) is 0 Å². The number of furan rings is 1. The number of nitrogens with zero attached hydrogens (tertiary/aromatic N) is 4. The molecule has 0 aliphatic carbocycles. The van der Waals surface area contributed by atoms with Crippen LogP contribution in [-0.2, 0) is 12.8 Å². The predicted octanol–water partition coefficient (Wildman–Crippen LogP) is 5.26. The Morgan fingerprint density at radius 1 is 1.30 bits per heavy atom. The van der Waals surface area contributed by atoms with Crippen LogP contribution < -0.4 is 4.74 Å². The molecule has 9 heteroatoms. The summed E-state index contributed by atoms with van der Waals surface area (Å²) in [6.07, 6.45) is 1.63. The van der Waals surface area contributed by atoms with Gasteiger partial charge in [0.15, 0.2) is 16.7 Å². The maximum Gasteiger partial charge on any atom is 0.200 e. The fraction of sp³-hybridized carbons (Fsp3) is 0.167. The van der Waals surface area contributed by atoms with Crippen LogP contribution in [0.1, 0.15) is 5.69 Å². The minimum Gasteiger partial charge on any atom is -0.496 e. The molecule has 0 spiro atoms. The first-order chi connectivity index (χ1) is 13.2. The van der Waals surface area contributed by atoms with Crippen molar-refractivity contribution in [1.29, 1.82) is 0 Å². The van der Waals surface area contributed by atoms with E-state index in [0.29, 0.717) is 17.3 Å². The Morgan fingerprint density at radius 3 is 2.96 bits per heavy atom. The third kappa shape index (κ3) is 3.80. The molecule has 3 aromatic heterocycles. The number of rotatable bonds is 6. The summed E-state index contributed by atoms with van der Waals surface area (Å²) in [4.78, 5) is 4.75. The average Bonchev–Trinajstić information content (AvgIpc) is 3.41. The Bertz CT molecular complexity index is 1060. The van der Waals surface area contributed by atoms with E-state index in [-0.39, 0.29) is 0 Å². The number of hydrogen-bond donors (Lipinski definition) is 0. The quantitative estimate of drug-likeness (QED) is 0.364. The summed E-state index contributed by atoms with van der Waals surface area (Å²) in [6, 6.07) is 9.62. The highest BCUT2D eigenvalue weighted by atomic mass is 79.9. The van der Waals surface area contributed by atoms with E-state index < -0.39 is 0 Å². The summed E-state index contributed by atoms with van der Waals surface area (Å²) in [7, 11) is 3.60. The number of aromatic nitrogens is 4. The number of thiazole rings is 1. The molecule has 138 valence electrons. The van der Waals surface area contributed by atoms with Gasteiger partial charge in [-0.15, -0.1) is 21.5 Å². The molecular weight excluding hydrogens is 448 g/mol. The molecule has 4 aromatic rings. The molecule has 0 aliphatic heterocycles. The molecule has 4 rings (SSSR count). The lowest BCUT2D eigenvalue weighted by Gasteiger charge is -2.06. The van der Waals surface area contributed by atoms with Gasteiger partial charge in [0.2, 0.25) is 0 Å². The van der Waals surface area contributed by atoms with Crippen molar-refractivity contribution in [2.45, 2.75) is 10.9 Å². The number of ether oxygens (including phenoxy) is 1. The summed E-state index contributed by atoms with van der Waals surface area (Å²) in [5.74, 6) is 2.93. The van der Waals surface area contributed by atoms with Crippen molar-refractivity contribution in [3.63, 3.8) is 0 Å². The lowest BCUT2D eigenvalue weighted by molar-refractivity contribution is 0.416. The molecule has 0 radical (unpaired) electrons. The van der Waals surface area contributed by atoms with Gasteiger partial charge in [-0.05, 0) is 30.3 Å². The molecule has 0 saturated heterocycles. The van der Waals surface area contributed by atoms with Crippen LogP contribution in [0.15, 0.2) is 56.0 Å². The number of thioether (sulfide) groups is 1. The summed E-state index contributed by atoms with van der Waals surface area (Å²) in [6.45, 7) is 0. The van der Waals surface area contributed by atoms with Gasteiger partial charge in [0.25, 0.3) is 0 Å². The van der Waals surface area contributed by atoms with Crippen molar-refractivity contribution in [2.75, 3.05) is 7.11 Å². The predicted molar refractivity (Wildman–Crippen MR) is 110 cm³/mol. The second kappa shape index (κ2) is 7.87. The number of halogens is 1. The maximum atomic E-state index is 5.46. The number of hydrogen-bond acceptors (Lipinski definition) is 7. The van der Waals surface area contributed by atoms with E-state index >= 15 is 0 Å². The molecule has 0 atom stereocenters. The highest BCUT2D eigenvalue weighted by molar-refractivity contribution is 9.10. The average molecular weight is 463 g/mol. The highest BCUT2D eigenvalue weighted by Crippen LogP contribution is 2.35. The molecule has 0 amide bonds. The normalized spacial score (nSPS) is 11.1. The van der Waals surface area contributed by atoms with Crippen molar-refractivity contribution in [2.24, 2.45) is 7.05 Å². The minimum absolute atomic E-state index is 0.703. The summed E-state index contributed by atoms with van der Waals surface area (Å²) in [5.41, 5.74) is 1.97. The molecule has 0 saturated carbocycles. The van der Waals surface area contributed by atoms with Crippen molar-refractivity contribution in [3.8, 4) is 27.9 Å². The molecule has 6 nitrogen and oxygen atoms in total. The molecule has 0 aliphatic rings. The van der Waals surface area contributed by atoms with Crippen LogP contribution in [0.4, 0.5) is 0 Å². The van der Waals surface area contributed by atoms with E-state index in [1.807, 2.05) is 41.9 Å². The van der Waals surface area contributed by atoms with Gasteiger partial charge in [0.05, 0.1) is 24.6 Å². The largest absolute Gasteiger partial charge is 0.496 e. The lowest BCUT2D eigenvalue weighted by Crippen LogP contribution is -1.94. The van der Waals surface area contributed by atoms with Gasteiger partial charge in [-0.2, -0.15) is 0 Å². The van der Waals surface area contributed by atoms with Crippen LogP contribution in [0, 0.1) is 0 Å². The smallest absolute Gasteiger partial charge is 0.200 e. The molecule has 0 N–H and O–H groups in total. The SMILES string of the molecule is COc1ccc(Br)cc1-c1nc(CSc2nnc(-c3ccco3)n2C)cs1. The number of methoxy groups -OCH3 is 1. The third-order valence-electron chi connectivity index (χ3n) is 3.87. The van der Waals surface area contributed by atoms with Crippen LogP contribution >= 0.6 is 39.0 Å². The zero-order valence-corrected chi connectivity index (χ0v) is 17.8. The van der Waals surface area contributed by atoms with Gasteiger partial charge in [-0.1, -0.05) is 27.7 Å². The third-order valence-corrected chi connectivity index (χ3v) is 6.34. The summed E-state index contributed by atoms with van der Waals surface area (Å²) < 4.78 is 13.8. The van der Waals surface area contributed by atoms with Crippen molar-refractivity contribution in [1.82, 2.24) is 19.7 Å². The fourth-order valence-electron chi connectivity index (χ4n) is 2.54. The Balaban J connectivity index is 1.50. The number of benzene rings is 1. The van der Waals surface area contributed by atoms with Crippen LogP contribution in [0.25, 0.3) is 22.2 Å². The van der Waals surface area contributed by atoms with Gasteiger partial charge in [0.1, 0.15) is 10.8 Å². The Labute approximate surface area is 172 Å². The Hall–Kier alpha value is -2.10. The highest BCUT2D eigenvalue weighted by Gasteiger charge is 2.15. The van der Waals surface area contributed by atoms with Crippen LogP contribution in [0.2, 0.25) is 0 Å². The molecule has 0 bridgehead atoms. The van der Waals surface area contributed by atoms with Gasteiger partial charge in [-0.3, -0.25) is 0 Å². The lowest BCUT2D eigenvalue weighted by atomic mass is 10.2. The van der Waals surface area contributed by atoms with E-state index in [0.717, 1.165) is 31.6 Å². The van der Waals surface area contributed by atoms with Gasteiger partial charge < -0.3 is 13.7 Å². The molecule has 1 aromatic carbocycles. The zero-order valence-electron chi connectivity index (χ0n) is 14.5. The van der Waals surface area contributed by atoms with E-state index in [1.165, 1.54) is 0 Å². The molecule has 3 heterocycles. The molecule has 0 unspecified atom stereocenters. The van der Waals surface area contributed by atoms with Gasteiger partial charge in [-0.25, -0.2) is 4.98 Å². The minimum atomic E-state index is 0.703. The van der Waals surface area contributed by atoms with Gasteiger partial charge >= 0.3 is 0 Å². The van der Waals surface area contributed by atoms with Gasteiger partial charge in [0, 0.05) is 22.7 Å². The second-order valence-corrected chi connectivity index (χ2v) is 8.34. The maximum absolute atomic E-state index is 5.46. The molecular formula is C18H15BrN4O2S2. The second-order valence-electron chi connectivity index (χ2n) is 5.62. The van der Waals surface area contributed by atoms with E-state index in [2.05, 4.69) is 31.5 Å². The van der Waals surface area contributed by atoms with E-state index in [1.54, 1.807) is 36.5 Å². The zero-order chi connectivity index (χ0) is 18.8. The first kappa shape index (κ1) is 18.3. The first-order valence-electron chi connectivity index (χ1n) is 8.00. The van der Waals surface area contributed by atoms with E-state index in [4.69, 9.17) is 14.1 Å². The summed E-state index contributed by atoms with van der Waals surface area (Å²) in [5, 5.41) is 12.3. The molecule has 27 heavy (non-hydrogen) atoms. The van der Waals surface area contributed by atoms with Crippen molar-refractivity contribution >= 4 is 39.0 Å². The van der Waals surface area contributed by atoms with Crippen molar-refractivity contribution < 1.29 is 9.15 Å². The topological polar surface area (TPSA) is 66.0 Å². The monoisotopic (exact) mass is 462 g/mol. The van der Waals surface area contributed by atoms with Crippen molar-refractivity contribution in [3.05, 3.63) is 52.1 Å². The van der Waals surface area contributed by atoms with E-state index in [9.17, 15) is 0 Å². The Morgan fingerprint density at radius 2 is 2.19 bits per heavy atom. The standard InChI is InChI=1S/C18H15BrN4O2S2/c1-23-16(15-4-3-7-25-15)21-22-18(23)27-10-12-9-26-17(20-12)13-8-11(19)5-6-14(13)24-2/h3-9H,10H2,1-2H3. The fourth-order valence-corrected chi connectivity index (χ4v) is 4.65. The first-order valence-corrected chi connectivity index (χ1v) is 10.7. The molecule has 0 fully saturated rings. The van der Waals surface area contributed by atoms with Crippen LogP contribution in [0.5, 0.6) is 5.75 Å². The summed E-state index contributed by atoms with van der Waals surface area (Å²) >= 11 is 6.70. The van der Waals surface area contributed by atoms with Crippen LogP contribution in [-0.4, -0.2) is 26.9 Å².